The minimum absolute atomic E-state index is 0.298. The van der Waals surface area contributed by atoms with Gasteiger partial charge in [-0.05, 0) is 12.1 Å². The van der Waals surface area contributed by atoms with E-state index in [9.17, 15) is 9.59 Å². The third-order valence-electron chi connectivity index (χ3n) is 1.79. The fourth-order valence-electron chi connectivity index (χ4n) is 0.953. The van der Waals surface area contributed by atoms with Crippen molar-refractivity contribution in [1.29, 1.82) is 0 Å². The lowest BCUT2D eigenvalue weighted by Gasteiger charge is -2.08. The minimum atomic E-state index is -1.60. The van der Waals surface area contributed by atoms with Gasteiger partial charge in [0.05, 0.1) is 17.4 Å². The molecule has 0 aliphatic carbocycles. The largest absolute Gasteiger partial charge is 0.479 e. The van der Waals surface area contributed by atoms with Crippen LogP contribution in [-0.4, -0.2) is 34.9 Å². The Labute approximate surface area is 106 Å². The highest BCUT2D eigenvalue weighted by Crippen LogP contribution is 2.20. The predicted octanol–water partition coefficient (Wildman–Crippen LogP) is 0.646. The second-order valence-electron chi connectivity index (χ2n) is 3.12. The summed E-state index contributed by atoms with van der Waals surface area (Å²) in [5.41, 5.74) is 0. The van der Waals surface area contributed by atoms with Crippen LogP contribution in [0.15, 0.2) is 12.1 Å². The molecule has 0 aliphatic rings. The van der Waals surface area contributed by atoms with E-state index in [2.05, 4.69) is 10.6 Å². The van der Waals surface area contributed by atoms with Gasteiger partial charge in [0.2, 0.25) is 0 Å². The molecule has 0 aromatic carbocycles. The molecule has 94 valence electrons. The highest BCUT2D eigenvalue weighted by molar-refractivity contribution is 7.16. The molecule has 2 amide bonds. The van der Waals surface area contributed by atoms with E-state index in [1.807, 2.05) is 0 Å². The first kappa shape index (κ1) is 13.8. The molecular weight excluding hydrogens is 268 g/mol. The summed E-state index contributed by atoms with van der Waals surface area (Å²) in [7, 11) is 0. The highest BCUT2D eigenvalue weighted by Gasteiger charge is 2.13. The second-order valence-corrected chi connectivity index (χ2v) is 4.92. The Balaban J connectivity index is 2.24. The van der Waals surface area contributed by atoms with E-state index >= 15 is 0 Å². The number of hydrogen-bond donors (Lipinski definition) is 4. The van der Waals surface area contributed by atoms with Crippen LogP contribution in [0.5, 0.6) is 0 Å². The van der Waals surface area contributed by atoms with Gasteiger partial charge in [-0.15, -0.1) is 11.3 Å². The molecule has 1 atom stereocenters. The summed E-state index contributed by atoms with van der Waals surface area (Å²) in [5, 5.41) is 22.0. The first-order chi connectivity index (χ1) is 7.99. The molecular formula is C9H11ClN2O4S. The molecule has 0 saturated heterocycles. The van der Waals surface area contributed by atoms with Gasteiger partial charge >= 0.3 is 12.0 Å². The molecule has 1 unspecified atom stereocenters. The molecule has 6 nitrogen and oxygen atoms in total. The zero-order valence-corrected chi connectivity index (χ0v) is 10.2. The topological polar surface area (TPSA) is 98.7 Å². The fraction of sp³-hybridized carbons (Fsp3) is 0.333. The molecule has 0 aliphatic heterocycles. The number of carbonyl (C=O) groups is 2. The number of hydrogen-bond acceptors (Lipinski definition) is 4. The van der Waals surface area contributed by atoms with Gasteiger partial charge in [0.1, 0.15) is 0 Å². The molecule has 17 heavy (non-hydrogen) atoms. The molecule has 0 bridgehead atoms. The number of carboxylic acid groups (broad SMARTS) is 1. The lowest BCUT2D eigenvalue weighted by atomic mass is 10.4. The Kier molecular flexibility index (Phi) is 5.20. The maximum atomic E-state index is 11.2. The molecule has 1 rings (SSSR count). The smallest absolute Gasteiger partial charge is 0.334 e. The van der Waals surface area contributed by atoms with E-state index in [0.29, 0.717) is 10.9 Å². The van der Waals surface area contributed by atoms with E-state index in [1.54, 1.807) is 12.1 Å². The first-order valence-corrected chi connectivity index (χ1v) is 5.85. The van der Waals surface area contributed by atoms with Crippen molar-refractivity contribution in [3.05, 3.63) is 21.3 Å². The van der Waals surface area contributed by atoms with Crippen LogP contribution >= 0.6 is 22.9 Å². The molecule has 0 spiro atoms. The third-order valence-corrected chi connectivity index (χ3v) is 3.02. The Morgan fingerprint density at radius 1 is 1.41 bits per heavy atom. The van der Waals surface area contributed by atoms with Gasteiger partial charge in [-0.2, -0.15) is 0 Å². The van der Waals surface area contributed by atoms with Crippen molar-refractivity contribution in [1.82, 2.24) is 10.6 Å². The zero-order valence-electron chi connectivity index (χ0n) is 8.64. The lowest BCUT2D eigenvalue weighted by molar-refractivity contribution is -0.146. The quantitative estimate of drug-likeness (QED) is 0.635. The Morgan fingerprint density at radius 2 is 2.12 bits per heavy atom. The van der Waals surface area contributed by atoms with Gasteiger partial charge in [0, 0.05) is 4.88 Å². The van der Waals surface area contributed by atoms with Crippen LogP contribution in [0.2, 0.25) is 4.34 Å². The van der Waals surface area contributed by atoms with Crippen molar-refractivity contribution >= 4 is 34.9 Å². The van der Waals surface area contributed by atoms with Crippen LogP contribution < -0.4 is 10.6 Å². The average Bonchev–Trinajstić information content (AvgIpc) is 2.69. The van der Waals surface area contributed by atoms with Crippen molar-refractivity contribution in [2.45, 2.75) is 12.6 Å². The number of aliphatic hydroxyl groups excluding tert-OH is 1. The van der Waals surface area contributed by atoms with Crippen molar-refractivity contribution in [2.24, 2.45) is 0 Å². The molecule has 8 heteroatoms. The summed E-state index contributed by atoms with van der Waals surface area (Å²) < 4.78 is 0.628. The zero-order chi connectivity index (χ0) is 12.8. The normalized spacial score (nSPS) is 11.9. The number of rotatable bonds is 5. The lowest BCUT2D eigenvalue weighted by Crippen LogP contribution is -2.41. The number of carboxylic acids is 1. The van der Waals surface area contributed by atoms with Gasteiger partial charge in [0.25, 0.3) is 0 Å². The predicted molar refractivity (Wildman–Crippen MR) is 63.2 cm³/mol. The van der Waals surface area contributed by atoms with Crippen molar-refractivity contribution in [2.75, 3.05) is 6.54 Å². The highest BCUT2D eigenvalue weighted by atomic mass is 35.5. The van der Waals surface area contributed by atoms with E-state index in [-0.39, 0.29) is 6.54 Å². The second kappa shape index (κ2) is 6.43. The van der Waals surface area contributed by atoms with Crippen LogP contribution in [0.25, 0.3) is 0 Å². The maximum Gasteiger partial charge on any atom is 0.334 e. The summed E-state index contributed by atoms with van der Waals surface area (Å²) in [5.74, 6) is -1.38. The average molecular weight is 279 g/mol. The Bertz CT molecular complexity index is 409. The molecule has 1 heterocycles. The van der Waals surface area contributed by atoms with Crippen molar-refractivity contribution in [3.8, 4) is 0 Å². The SMILES string of the molecule is O=C(NCc1ccc(Cl)s1)NCC(O)C(=O)O. The van der Waals surface area contributed by atoms with Crippen LogP contribution in [0, 0.1) is 0 Å². The summed E-state index contributed by atoms with van der Waals surface area (Å²) in [6.07, 6.45) is -1.60. The van der Waals surface area contributed by atoms with E-state index < -0.39 is 18.1 Å². The molecule has 0 radical (unpaired) electrons. The van der Waals surface area contributed by atoms with Crippen molar-refractivity contribution in [3.63, 3.8) is 0 Å². The summed E-state index contributed by atoms with van der Waals surface area (Å²) in [6, 6.07) is 2.95. The van der Waals surface area contributed by atoms with Crippen LogP contribution in [0.1, 0.15) is 4.88 Å². The van der Waals surface area contributed by atoms with Gasteiger partial charge in [-0.25, -0.2) is 9.59 Å². The van der Waals surface area contributed by atoms with Crippen LogP contribution in [0.4, 0.5) is 4.79 Å². The number of amides is 2. The molecule has 4 N–H and O–H groups in total. The van der Waals surface area contributed by atoms with Gasteiger partial charge in [-0.1, -0.05) is 11.6 Å². The number of nitrogens with one attached hydrogen (secondary N) is 2. The fourth-order valence-corrected chi connectivity index (χ4v) is 1.98. The molecule has 1 aromatic heterocycles. The molecule has 1 aromatic rings. The number of urea groups is 1. The van der Waals surface area contributed by atoms with Gasteiger partial charge in [-0.3, -0.25) is 0 Å². The minimum Gasteiger partial charge on any atom is -0.479 e. The molecule has 0 fully saturated rings. The van der Waals surface area contributed by atoms with E-state index in [1.165, 1.54) is 11.3 Å². The first-order valence-electron chi connectivity index (χ1n) is 4.66. The third kappa shape index (κ3) is 5.03. The van der Waals surface area contributed by atoms with E-state index in [0.717, 1.165) is 4.88 Å². The maximum absolute atomic E-state index is 11.2. The monoisotopic (exact) mass is 278 g/mol. The number of aliphatic hydroxyl groups is 1. The van der Waals surface area contributed by atoms with Gasteiger partial charge < -0.3 is 20.8 Å². The number of carbonyl (C=O) groups excluding carboxylic acids is 1. The summed E-state index contributed by atoms with van der Waals surface area (Å²) >= 11 is 7.04. The van der Waals surface area contributed by atoms with E-state index in [4.69, 9.17) is 21.8 Å². The Hall–Kier alpha value is -1.31. The summed E-state index contributed by atoms with van der Waals surface area (Å²) in [6.45, 7) is -0.0429. The van der Waals surface area contributed by atoms with Gasteiger partial charge in [0.15, 0.2) is 6.10 Å². The number of thiophene rings is 1. The summed E-state index contributed by atoms with van der Waals surface area (Å²) in [4.78, 5) is 22.3. The number of halogens is 1. The van der Waals surface area contributed by atoms with Crippen LogP contribution in [-0.2, 0) is 11.3 Å². The van der Waals surface area contributed by atoms with Crippen LogP contribution in [0.3, 0.4) is 0 Å². The Morgan fingerprint density at radius 3 is 2.65 bits per heavy atom. The standard InChI is InChI=1S/C9H11ClN2O4S/c10-7-2-1-5(17-7)3-11-9(16)12-4-6(13)8(14)15/h1-2,6,13H,3-4H2,(H,14,15)(H2,11,12,16). The number of aliphatic carboxylic acids is 1. The van der Waals surface area contributed by atoms with Crippen molar-refractivity contribution < 1.29 is 19.8 Å². The molecule has 0 saturated carbocycles.